The first-order valence-corrected chi connectivity index (χ1v) is 6.21. The van der Waals surface area contributed by atoms with Crippen LogP contribution in [0.2, 0.25) is 0 Å². The second-order valence-corrected chi connectivity index (χ2v) is 2.31. The maximum Gasteiger partial charge on any atom is -0.00882 e. The van der Waals surface area contributed by atoms with Gasteiger partial charge in [-0.1, -0.05) is 78.0 Å². The normalized spacial score (nSPS) is 9.47. The second kappa shape index (κ2) is 13.0. The van der Waals surface area contributed by atoms with Crippen LogP contribution in [-0.2, 0) is 6.42 Å². The van der Waals surface area contributed by atoms with Crippen LogP contribution in [0.15, 0.2) is 30.3 Å². The van der Waals surface area contributed by atoms with Crippen molar-refractivity contribution in [3.63, 3.8) is 0 Å². The molecule has 0 aliphatic heterocycles. The highest BCUT2D eigenvalue weighted by Crippen LogP contribution is 2.17. The second-order valence-electron chi connectivity index (χ2n) is 2.31. The fraction of sp³-hybridized carbons (Fsp3) is 0.467. The maximum absolute atomic E-state index is 2.20. The molecule has 2 rings (SSSR count). The van der Waals surface area contributed by atoms with Crippen LogP contribution in [0.4, 0.5) is 0 Å². The molecule has 1 aliphatic rings. The fourth-order valence-electron chi connectivity index (χ4n) is 1.20. The van der Waals surface area contributed by atoms with E-state index in [0.717, 1.165) is 6.42 Å². The van der Waals surface area contributed by atoms with Crippen molar-refractivity contribution in [2.75, 3.05) is 0 Å². The Balaban J connectivity index is 0. The average Bonchev–Trinajstić information content (AvgIpc) is 2.85. The largest absolute Gasteiger partial charge is 0.0795 e. The van der Waals surface area contributed by atoms with E-state index in [1.165, 1.54) is 11.1 Å². The first kappa shape index (κ1) is 16.4. The first-order valence-electron chi connectivity index (χ1n) is 6.21. The summed E-state index contributed by atoms with van der Waals surface area (Å²) in [5.74, 6) is 0. The van der Waals surface area contributed by atoms with E-state index in [1.807, 2.05) is 41.5 Å². The SMILES string of the molecule is C1=Cc2ccccc2C1.CC.CC.CC. The van der Waals surface area contributed by atoms with Gasteiger partial charge in [0.05, 0.1) is 0 Å². The molecule has 0 amide bonds. The van der Waals surface area contributed by atoms with Gasteiger partial charge in [0.15, 0.2) is 0 Å². The predicted octanol–water partition coefficient (Wildman–Crippen LogP) is 5.33. The van der Waals surface area contributed by atoms with Crippen LogP contribution in [0, 0.1) is 0 Å². The Morgan fingerprint density at radius 1 is 0.800 bits per heavy atom. The highest BCUT2D eigenvalue weighted by molar-refractivity contribution is 5.59. The van der Waals surface area contributed by atoms with Crippen molar-refractivity contribution in [3.8, 4) is 0 Å². The minimum Gasteiger partial charge on any atom is -0.0795 e. The summed E-state index contributed by atoms with van der Waals surface area (Å²) in [5.41, 5.74) is 2.84. The Kier molecular flexibility index (Phi) is 14.2. The molecular weight excluding hydrogens is 180 g/mol. The predicted molar refractivity (Wildman–Crippen MR) is 73.2 cm³/mol. The molecule has 1 aliphatic carbocycles. The molecule has 0 unspecified atom stereocenters. The van der Waals surface area contributed by atoms with Crippen LogP contribution in [0.25, 0.3) is 6.08 Å². The van der Waals surface area contributed by atoms with E-state index < -0.39 is 0 Å². The number of hydrogen-bond acceptors (Lipinski definition) is 0. The van der Waals surface area contributed by atoms with Crippen LogP contribution in [-0.4, -0.2) is 0 Å². The van der Waals surface area contributed by atoms with E-state index in [4.69, 9.17) is 0 Å². The number of fused-ring (bicyclic) bond motifs is 1. The molecule has 0 fully saturated rings. The lowest BCUT2D eigenvalue weighted by atomic mass is 10.1. The summed E-state index contributed by atoms with van der Waals surface area (Å²) in [7, 11) is 0. The van der Waals surface area contributed by atoms with Gasteiger partial charge in [0, 0.05) is 0 Å². The molecule has 0 spiro atoms. The monoisotopic (exact) mass is 206 g/mol. The molecule has 0 heterocycles. The van der Waals surface area contributed by atoms with Crippen molar-refractivity contribution >= 4 is 6.08 Å². The molecule has 0 N–H and O–H groups in total. The zero-order valence-corrected chi connectivity index (χ0v) is 11.2. The van der Waals surface area contributed by atoms with Gasteiger partial charge in [-0.3, -0.25) is 0 Å². The van der Waals surface area contributed by atoms with E-state index >= 15 is 0 Å². The summed E-state index contributed by atoms with van der Waals surface area (Å²) in [6, 6.07) is 8.49. The quantitative estimate of drug-likeness (QED) is 0.538. The molecule has 1 aromatic rings. The van der Waals surface area contributed by atoms with Gasteiger partial charge in [-0.25, -0.2) is 0 Å². The third kappa shape index (κ3) is 6.11. The van der Waals surface area contributed by atoms with Gasteiger partial charge in [-0.05, 0) is 17.5 Å². The highest BCUT2D eigenvalue weighted by atomic mass is 14.0. The van der Waals surface area contributed by atoms with Crippen molar-refractivity contribution < 1.29 is 0 Å². The smallest absolute Gasteiger partial charge is 0.00882 e. The van der Waals surface area contributed by atoms with Crippen LogP contribution in [0.3, 0.4) is 0 Å². The van der Waals surface area contributed by atoms with Gasteiger partial charge in [0.2, 0.25) is 0 Å². The molecule has 1 aromatic carbocycles. The van der Waals surface area contributed by atoms with E-state index in [-0.39, 0.29) is 0 Å². The lowest BCUT2D eigenvalue weighted by Gasteiger charge is -1.93. The van der Waals surface area contributed by atoms with E-state index in [9.17, 15) is 0 Å². The van der Waals surface area contributed by atoms with Crippen molar-refractivity contribution in [2.45, 2.75) is 48.0 Å². The molecular formula is C15H26. The van der Waals surface area contributed by atoms with Crippen molar-refractivity contribution in [2.24, 2.45) is 0 Å². The number of allylic oxidation sites excluding steroid dienone is 1. The van der Waals surface area contributed by atoms with Gasteiger partial charge >= 0.3 is 0 Å². The van der Waals surface area contributed by atoms with Crippen LogP contribution in [0.5, 0.6) is 0 Å². The molecule has 0 bridgehead atoms. The minimum atomic E-state index is 1.12. The average molecular weight is 206 g/mol. The van der Waals surface area contributed by atoms with E-state index in [1.54, 1.807) is 0 Å². The van der Waals surface area contributed by atoms with Crippen molar-refractivity contribution in [1.82, 2.24) is 0 Å². The first-order chi connectivity index (χ1) is 7.47. The third-order valence-electron chi connectivity index (χ3n) is 1.69. The zero-order chi connectivity index (χ0) is 12.1. The summed E-state index contributed by atoms with van der Waals surface area (Å²) >= 11 is 0. The lowest BCUT2D eigenvalue weighted by molar-refractivity contribution is 1.31. The minimum absolute atomic E-state index is 1.12. The van der Waals surface area contributed by atoms with Crippen molar-refractivity contribution in [1.29, 1.82) is 0 Å². The molecule has 0 atom stereocenters. The number of rotatable bonds is 0. The Morgan fingerprint density at radius 3 is 1.87 bits per heavy atom. The van der Waals surface area contributed by atoms with E-state index in [0.29, 0.717) is 0 Å². The van der Waals surface area contributed by atoms with Crippen LogP contribution >= 0.6 is 0 Å². The molecule has 0 radical (unpaired) electrons. The molecule has 0 saturated heterocycles. The number of benzene rings is 1. The highest BCUT2D eigenvalue weighted by Gasteiger charge is 2.00. The van der Waals surface area contributed by atoms with Gasteiger partial charge in [0.25, 0.3) is 0 Å². The lowest BCUT2D eigenvalue weighted by Crippen LogP contribution is -1.76. The van der Waals surface area contributed by atoms with Gasteiger partial charge in [-0.2, -0.15) is 0 Å². The molecule has 0 saturated carbocycles. The van der Waals surface area contributed by atoms with Crippen LogP contribution in [0.1, 0.15) is 52.7 Å². The van der Waals surface area contributed by atoms with Crippen LogP contribution < -0.4 is 0 Å². The van der Waals surface area contributed by atoms with Crippen molar-refractivity contribution in [3.05, 3.63) is 41.5 Å². The summed E-state index contributed by atoms with van der Waals surface area (Å²) in [5, 5.41) is 0. The molecule has 0 aromatic heterocycles. The topological polar surface area (TPSA) is 0 Å². The Bertz CT molecular complexity index is 246. The standard InChI is InChI=1S/C9H8.3C2H6/c1-2-5-9-7-3-6-8(9)4-1;3*1-2/h1-6H,7H2;3*1-2H3. The number of hydrogen-bond donors (Lipinski definition) is 0. The Labute approximate surface area is 96.0 Å². The summed E-state index contributed by atoms with van der Waals surface area (Å²) in [6.45, 7) is 12.0. The van der Waals surface area contributed by atoms with Gasteiger partial charge in [-0.15, -0.1) is 0 Å². The molecule has 86 valence electrons. The summed E-state index contributed by atoms with van der Waals surface area (Å²) in [4.78, 5) is 0. The maximum atomic E-state index is 2.20. The third-order valence-corrected chi connectivity index (χ3v) is 1.69. The molecule has 0 heteroatoms. The Hall–Kier alpha value is -1.04. The van der Waals surface area contributed by atoms with Gasteiger partial charge < -0.3 is 0 Å². The fourth-order valence-corrected chi connectivity index (χ4v) is 1.20. The molecule has 0 nitrogen and oxygen atoms in total. The van der Waals surface area contributed by atoms with Gasteiger partial charge in [0.1, 0.15) is 0 Å². The zero-order valence-electron chi connectivity index (χ0n) is 11.2. The summed E-state index contributed by atoms with van der Waals surface area (Å²) in [6.07, 6.45) is 5.50. The Morgan fingerprint density at radius 2 is 1.33 bits per heavy atom. The van der Waals surface area contributed by atoms with E-state index in [2.05, 4.69) is 36.4 Å². The molecule has 15 heavy (non-hydrogen) atoms. The summed E-state index contributed by atoms with van der Waals surface area (Å²) < 4.78 is 0.